The number of carboxylic acid groups (broad SMARTS) is 1. The standard InChI is InChI=1S/C26H22N4O3.C18H16ClNO3.C18H17NO4.C8H7N3/c1-26(2)23(17-7-4-3-5-8-17)30(25(32)33-26)19-12-10-18(11-13-19)24(31)29-21-14-16-27-20-9-6-15-28-22(20)21;1-18(2)15(12-6-4-3-5-7-12)20(17(22)23-18)14-10-8-13(9-11-14)16(19)21;1-18(2)15(12-6-4-3-5-7-12)19(17(22)23-18)14-10-8-13(9-11-14)16(20)21;9-6-3-5-10-7-2-1-4-11-8(6)7/h3-16,23H,1-2H3,(H,27,29,31);3-11,15H,1-2H3;3-11,15H,1-2H3,(H,20,21);1-5H,(H2,9,10)/t23-;2*15-;/m000./s1. The van der Waals surface area contributed by atoms with Crippen molar-refractivity contribution in [2.24, 2.45) is 0 Å². The Morgan fingerprint density at radius 2 is 0.800 bits per heavy atom. The zero-order valence-electron chi connectivity index (χ0n) is 49.8. The first-order valence-electron chi connectivity index (χ1n) is 28.5. The van der Waals surface area contributed by atoms with E-state index in [2.05, 4.69) is 25.3 Å². The van der Waals surface area contributed by atoms with Gasteiger partial charge >= 0.3 is 24.2 Å². The second-order valence-corrected chi connectivity index (χ2v) is 23.0. The van der Waals surface area contributed by atoms with E-state index in [1.807, 2.05) is 151 Å². The van der Waals surface area contributed by atoms with Crippen molar-refractivity contribution in [2.75, 3.05) is 25.8 Å². The van der Waals surface area contributed by atoms with Crippen molar-refractivity contribution < 1.29 is 48.1 Å². The van der Waals surface area contributed by atoms with E-state index >= 15 is 0 Å². The molecule has 7 heterocycles. The molecule has 3 aliphatic heterocycles. The number of anilines is 5. The molecular weight excluding hydrogens is 1160 g/mol. The van der Waals surface area contributed by atoms with Crippen LogP contribution in [-0.2, 0) is 14.2 Å². The highest BCUT2D eigenvalue weighted by Crippen LogP contribution is 2.46. The van der Waals surface area contributed by atoms with Gasteiger partial charge in [0.25, 0.3) is 11.1 Å². The van der Waals surface area contributed by atoms with Crippen molar-refractivity contribution in [3.8, 4) is 0 Å². The summed E-state index contributed by atoms with van der Waals surface area (Å²) in [4.78, 5) is 94.2. The number of nitrogen functional groups attached to an aromatic ring is 1. The van der Waals surface area contributed by atoms with Gasteiger partial charge < -0.3 is 30.4 Å². The lowest BCUT2D eigenvalue weighted by molar-refractivity contribution is 0.0676. The number of carbonyl (C=O) groups excluding carboxylic acids is 5. The van der Waals surface area contributed by atoms with Crippen LogP contribution >= 0.6 is 11.6 Å². The van der Waals surface area contributed by atoms with Crippen molar-refractivity contribution in [2.45, 2.75) is 76.5 Å². The molecular formula is C70H62ClN9O10. The number of nitrogens with zero attached hydrogens (tertiary/aromatic N) is 7. The minimum atomic E-state index is -1.000. The third-order valence-corrected chi connectivity index (χ3v) is 15.4. The molecule has 0 radical (unpaired) electrons. The van der Waals surface area contributed by atoms with Crippen LogP contribution in [-0.4, -0.2) is 77.2 Å². The van der Waals surface area contributed by atoms with E-state index in [0.29, 0.717) is 50.6 Å². The van der Waals surface area contributed by atoms with E-state index in [-0.39, 0.29) is 29.6 Å². The number of pyridine rings is 4. The van der Waals surface area contributed by atoms with Crippen LogP contribution in [0, 0.1) is 0 Å². The summed E-state index contributed by atoms with van der Waals surface area (Å²) in [5, 5.41) is 11.4. The summed E-state index contributed by atoms with van der Waals surface area (Å²) in [5.41, 5.74) is 13.7. The Morgan fingerprint density at radius 3 is 1.18 bits per heavy atom. The van der Waals surface area contributed by atoms with E-state index in [1.54, 1.807) is 118 Å². The number of halogens is 1. The molecule has 454 valence electrons. The van der Waals surface area contributed by atoms with Crippen LogP contribution < -0.4 is 25.8 Å². The largest absolute Gasteiger partial charge is 0.478 e. The van der Waals surface area contributed by atoms with Crippen molar-refractivity contribution in [3.05, 3.63) is 258 Å². The Bertz CT molecular complexity index is 4120. The maximum atomic E-state index is 12.9. The first-order valence-corrected chi connectivity index (χ1v) is 28.9. The summed E-state index contributed by atoms with van der Waals surface area (Å²) in [6, 6.07) is 58.9. The third kappa shape index (κ3) is 13.4. The summed E-state index contributed by atoms with van der Waals surface area (Å²) in [5.74, 6) is -1.27. The number of carbonyl (C=O) groups is 6. The molecule has 3 atom stereocenters. The fourth-order valence-electron chi connectivity index (χ4n) is 11.1. The average Bonchev–Trinajstić information content (AvgIpc) is 1.63. The van der Waals surface area contributed by atoms with Gasteiger partial charge in [0.2, 0.25) is 0 Å². The van der Waals surface area contributed by atoms with Gasteiger partial charge in [-0.05, 0) is 179 Å². The van der Waals surface area contributed by atoms with Gasteiger partial charge in [-0.15, -0.1) is 0 Å². The van der Waals surface area contributed by atoms with Crippen molar-refractivity contribution >= 4 is 97.5 Å². The molecule has 4 aromatic heterocycles. The first kappa shape index (κ1) is 62.0. The van der Waals surface area contributed by atoms with Gasteiger partial charge in [0.1, 0.15) is 46.0 Å². The second kappa shape index (κ2) is 26.1. The molecule has 19 nitrogen and oxygen atoms in total. The molecule has 13 rings (SSSR count). The Hall–Kier alpha value is -11.1. The highest BCUT2D eigenvalue weighted by molar-refractivity contribution is 6.67. The van der Waals surface area contributed by atoms with Crippen LogP contribution in [0.3, 0.4) is 0 Å². The van der Waals surface area contributed by atoms with E-state index in [4.69, 9.17) is 36.7 Å². The number of nitrogens with one attached hydrogen (secondary N) is 1. The van der Waals surface area contributed by atoms with Gasteiger partial charge in [-0.3, -0.25) is 44.2 Å². The van der Waals surface area contributed by atoms with Gasteiger partial charge in [0, 0.05) is 53.0 Å². The predicted octanol–water partition coefficient (Wildman–Crippen LogP) is 15.0. The Morgan fingerprint density at radius 1 is 0.444 bits per heavy atom. The number of ether oxygens (including phenoxy) is 3. The fourth-order valence-corrected chi connectivity index (χ4v) is 11.3. The second-order valence-electron chi connectivity index (χ2n) is 22.6. The summed E-state index contributed by atoms with van der Waals surface area (Å²) < 4.78 is 16.8. The summed E-state index contributed by atoms with van der Waals surface area (Å²) in [6.45, 7) is 11.3. The highest BCUT2D eigenvalue weighted by atomic mass is 35.5. The first-order chi connectivity index (χ1) is 43.1. The molecule has 10 aromatic rings. The average molecular weight is 1220 g/mol. The predicted molar refractivity (Wildman–Crippen MR) is 345 cm³/mol. The molecule has 4 N–H and O–H groups in total. The summed E-state index contributed by atoms with van der Waals surface area (Å²) in [7, 11) is 0. The van der Waals surface area contributed by atoms with Gasteiger partial charge in [0.15, 0.2) is 0 Å². The quantitative estimate of drug-likeness (QED) is 0.0850. The lowest BCUT2D eigenvalue weighted by Gasteiger charge is -2.29. The van der Waals surface area contributed by atoms with Crippen LogP contribution in [0.1, 0.15) is 107 Å². The molecule has 90 heavy (non-hydrogen) atoms. The molecule has 0 saturated carbocycles. The van der Waals surface area contributed by atoms with E-state index in [1.165, 1.54) is 12.1 Å². The minimum absolute atomic E-state index is 0.178. The Kier molecular flexibility index (Phi) is 18.0. The maximum Gasteiger partial charge on any atom is 0.415 e. The molecule has 0 aliphatic carbocycles. The lowest BCUT2D eigenvalue weighted by atomic mass is 9.91. The molecule has 0 bridgehead atoms. The molecule has 0 spiro atoms. The number of aromatic carboxylic acids is 1. The summed E-state index contributed by atoms with van der Waals surface area (Å²) in [6.07, 6.45) is 5.42. The van der Waals surface area contributed by atoms with Crippen LogP contribution in [0.2, 0.25) is 0 Å². The highest BCUT2D eigenvalue weighted by Gasteiger charge is 2.51. The SMILES string of the molecule is CC1(C)OC(=O)N(c2ccc(C(=O)Cl)cc2)[C@H]1c1ccccc1.CC1(C)OC(=O)N(c2ccc(C(=O)Nc3ccnc4cccnc34)cc2)[C@H]1c1ccccc1.CC1(C)OC(=O)N(c2ccc(C(=O)O)cc2)[C@H]1c1ccccc1.Nc1ccnc2cccnc12. The molecule has 4 amide bonds. The number of carboxylic acids is 1. The normalized spacial score (nSPS) is 17.5. The number of fused-ring (bicyclic) bond motifs is 2. The number of aromatic nitrogens is 4. The zero-order valence-corrected chi connectivity index (χ0v) is 50.6. The van der Waals surface area contributed by atoms with Crippen LogP contribution in [0.15, 0.2) is 225 Å². The third-order valence-electron chi connectivity index (χ3n) is 15.2. The molecule has 3 saturated heterocycles. The molecule has 20 heteroatoms. The molecule has 3 fully saturated rings. The van der Waals surface area contributed by atoms with Gasteiger partial charge in [-0.25, -0.2) is 19.2 Å². The number of nitrogens with two attached hydrogens (primary N) is 1. The number of rotatable bonds is 10. The number of benzene rings is 6. The molecule has 3 aliphatic rings. The number of cyclic esters (lactones) is 3. The number of amides is 4. The Balaban J connectivity index is 0.000000139. The Labute approximate surface area is 523 Å². The number of hydrogen-bond donors (Lipinski definition) is 3. The van der Waals surface area contributed by atoms with E-state index in [0.717, 1.165) is 27.7 Å². The van der Waals surface area contributed by atoms with E-state index < -0.39 is 46.3 Å². The number of hydrogen-bond acceptors (Lipinski definition) is 14. The van der Waals surface area contributed by atoms with Crippen molar-refractivity contribution in [1.29, 1.82) is 0 Å². The molecule has 0 unspecified atom stereocenters. The van der Waals surface area contributed by atoms with Gasteiger partial charge in [-0.2, -0.15) is 0 Å². The van der Waals surface area contributed by atoms with Crippen molar-refractivity contribution in [1.82, 2.24) is 19.9 Å². The fraction of sp³-hybridized carbons (Fsp3) is 0.171. The van der Waals surface area contributed by atoms with Crippen LogP contribution in [0.4, 0.5) is 42.8 Å². The molecule has 6 aromatic carbocycles. The summed E-state index contributed by atoms with van der Waals surface area (Å²) >= 11 is 5.47. The van der Waals surface area contributed by atoms with Gasteiger partial charge in [-0.1, -0.05) is 91.0 Å². The van der Waals surface area contributed by atoms with Crippen molar-refractivity contribution in [3.63, 3.8) is 0 Å². The van der Waals surface area contributed by atoms with Crippen LogP contribution in [0.25, 0.3) is 22.1 Å². The van der Waals surface area contributed by atoms with Gasteiger partial charge in [0.05, 0.1) is 28.0 Å². The van der Waals surface area contributed by atoms with Crippen LogP contribution in [0.5, 0.6) is 0 Å². The topological polar surface area (TPSA) is 250 Å². The van der Waals surface area contributed by atoms with E-state index in [9.17, 15) is 28.8 Å². The zero-order chi connectivity index (χ0) is 63.9. The monoisotopic (exact) mass is 1220 g/mol. The maximum absolute atomic E-state index is 12.9. The smallest absolute Gasteiger partial charge is 0.415 e. The lowest BCUT2D eigenvalue weighted by Crippen LogP contribution is -2.33. The minimum Gasteiger partial charge on any atom is -0.478 e.